The molecule has 0 fully saturated rings. The molecule has 0 aliphatic carbocycles. The van der Waals surface area contributed by atoms with Gasteiger partial charge in [0, 0.05) is 21.6 Å². The highest BCUT2D eigenvalue weighted by Gasteiger charge is 2.19. The van der Waals surface area contributed by atoms with Crippen LogP contribution in [0.1, 0.15) is 17.2 Å². The van der Waals surface area contributed by atoms with E-state index in [1.165, 1.54) is 6.07 Å². The van der Waals surface area contributed by atoms with Gasteiger partial charge in [-0.3, -0.25) is 4.98 Å². The van der Waals surface area contributed by atoms with Crippen LogP contribution in [-0.2, 0) is 0 Å². The van der Waals surface area contributed by atoms with Gasteiger partial charge in [-0.2, -0.15) is 0 Å². The molecule has 1 unspecified atom stereocenters. The maximum atomic E-state index is 14.2. The third-order valence-corrected chi connectivity index (χ3v) is 4.23. The van der Waals surface area contributed by atoms with Crippen molar-refractivity contribution >= 4 is 26.8 Å². The Morgan fingerprint density at radius 1 is 1.14 bits per heavy atom. The van der Waals surface area contributed by atoms with Crippen molar-refractivity contribution in [2.75, 3.05) is 7.05 Å². The van der Waals surface area contributed by atoms with Crippen LogP contribution >= 0.6 is 15.9 Å². The molecule has 4 heteroatoms. The zero-order chi connectivity index (χ0) is 14.8. The van der Waals surface area contributed by atoms with Crippen molar-refractivity contribution < 1.29 is 4.39 Å². The van der Waals surface area contributed by atoms with Crippen LogP contribution in [0.4, 0.5) is 4.39 Å². The van der Waals surface area contributed by atoms with Gasteiger partial charge in [-0.05, 0) is 36.9 Å². The SMILES string of the molecule is CNC(c1ccc2cccnc2c1)c1c(F)cccc1Br. The molecule has 2 aromatic carbocycles. The van der Waals surface area contributed by atoms with E-state index in [9.17, 15) is 4.39 Å². The Balaban J connectivity index is 2.14. The Bertz CT molecular complexity index is 768. The van der Waals surface area contributed by atoms with E-state index >= 15 is 0 Å². The van der Waals surface area contributed by atoms with Gasteiger partial charge in [0.15, 0.2) is 0 Å². The predicted molar refractivity (Wildman–Crippen MR) is 86.7 cm³/mol. The number of hydrogen-bond acceptors (Lipinski definition) is 2. The minimum atomic E-state index is -0.232. The van der Waals surface area contributed by atoms with E-state index in [-0.39, 0.29) is 11.9 Å². The molecular weight excluding hydrogens is 331 g/mol. The summed E-state index contributed by atoms with van der Waals surface area (Å²) in [6.45, 7) is 0. The van der Waals surface area contributed by atoms with Crippen LogP contribution in [0.2, 0.25) is 0 Å². The number of pyridine rings is 1. The van der Waals surface area contributed by atoms with Crippen LogP contribution in [0.25, 0.3) is 10.9 Å². The van der Waals surface area contributed by atoms with Gasteiger partial charge in [-0.15, -0.1) is 0 Å². The van der Waals surface area contributed by atoms with Gasteiger partial charge in [0.1, 0.15) is 5.82 Å². The van der Waals surface area contributed by atoms with Crippen molar-refractivity contribution in [2.24, 2.45) is 0 Å². The van der Waals surface area contributed by atoms with Crippen molar-refractivity contribution in [1.29, 1.82) is 0 Å². The molecule has 0 bridgehead atoms. The third kappa shape index (κ3) is 2.69. The van der Waals surface area contributed by atoms with Crippen LogP contribution in [-0.4, -0.2) is 12.0 Å². The van der Waals surface area contributed by atoms with E-state index < -0.39 is 0 Å². The summed E-state index contributed by atoms with van der Waals surface area (Å²) in [5.41, 5.74) is 2.49. The first-order valence-corrected chi connectivity index (χ1v) is 7.46. The first kappa shape index (κ1) is 14.2. The number of nitrogens with one attached hydrogen (secondary N) is 1. The van der Waals surface area contributed by atoms with Gasteiger partial charge < -0.3 is 5.32 Å². The molecule has 1 aromatic heterocycles. The lowest BCUT2D eigenvalue weighted by atomic mass is 9.97. The van der Waals surface area contributed by atoms with Gasteiger partial charge in [0.05, 0.1) is 11.6 Å². The van der Waals surface area contributed by atoms with Crippen molar-refractivity contribution in [3.05, 3.63) is 76.1 Å². The molecule has 106 valence electrons. The summed E-state index contributed by atoms with van der Waals surface area (Å²) >= 11 is 3.44. The summed E-state index contributed by atoms with van der Waals surface area (Å²) in [5, 5.41) is 4.26. The van der Waals surface area contributed by atoms with Gasteiger partial charge in [0.2, 0.25) is 0 Å². The number of aromatic nitrogens is 1. The van der Waals surface area contributed by atoms with Crippen LogP contribution in [0.3, 0.4) is 0 Å². The molecule has 2 nitrogen and oxygen atoms in total. The minimum absolute atomic E-state index is 0.230. The summed E-state index contributed by atoms with van der Waals surface area (Å²) in [6.07, 6.45) is 1.76. The number of benzene rings is 2. The molecule has 0 aliphatic rings. The highest BCUT2D eigenvalue weighted by Crippen LogP contribution is 2.31. The van der Waals surface area contributed by atoms with Gasteiger partial charge in [-0.1, -0.05) is 40.2 Å². The van der Waals surface area contributed by atoms with Crippen LogP contribution in [0.5, 0.6) is 0 Å². The fourth-order valence-electron chi connectivity index (χ4n) is 2.53. The molecule has 21 heavy (non-hydrogen) atoms. The van der Waals surface area contributed by atoms with Crippen LogP contribution in [0, 0.1) is 5.82 Å². The number of fused-ring (bicyclic) bond motifs is 1. The summed E-state index contributed by atoms with van der Waals surface area (Å²) < 4.78 is 15.0. The Hall–Kier alpha value is -1.78. The lowest BCUT2D eigenvalue weighted by Crippen LogP contribution is -2.19. The maximum Gasteiger partial charge on any atom is 0.129 e. The number of rotatable bonds is 3. The first-order valence-electron chi connectivity index (χ1n) is 6.66. The monoisotopic (exact) mass is 344 g/mol. The van der Waals surface area contributed by atoms with E-state index in [1.54, 1.807) is 12.3 Å². The number of hydrogen-bond donors (Lipinski definition) is 1. The minimum Gasteiger partial charge on any atom is -0.309 e. The Morgan fingerprint density at radius 2 is 2.00 bits per heavy atom. The molecule has 3 aromatic rings. The second kappa shape index (κ2) is 5.92. The molecule has 1 heterocycles. The average Bonchev–Trinajstić information content (AvgIpc) is 2.50. The molecule has 0 radical (unpaired) electrons. The largest absolute Gasteiger partial charge is 0.309 e. The molecule has 3 rings (SSSR count). The van der Waals surface area contributed by atoms with E-state index in [1.807, 2.05) is 43.4 Å². The fourth-order valence-corrected chi connectivity index (χ4v) is 3.10. The molecule has 1 N–H and O–H groups in total. The Kier molecular flexibility index (Phi) is 3.99. The van der Waals surface area contributed by atoms with Crippen molar-refractivity contribution in [1.82, 2.24) is 10.3 Å². The third-order valence-electron chi connectivity index (χ3n) is 3.54. The van der Waals surface area contributed by atoms with Crippen LogP contribution in [0.15, 0.2) is 59.2 Å². The Labute approximate surface area is 131 Å². The zero-order valence-corrected chi connectivity index (χ0v) is 13.1. The second-order valence-electron chi connectivity index (χ2n) is 4.81. The molecule has 0 saturated carbocycles. The molecule has 1 atom stereocenters. The van der Waals surface area contributed by atoms with E-state index in [0.717, 1.165) is 20.9 Å². The molecule has 0 saturated heterocycles. The molecule has 0 aliphatic heterocycles. The van der Waals surface area contributed by atoms with Gasteiger partial charge >= 0.3 is 0 Å². The van der Waals surface area contributed by atoms with E-state index in [0.29, 0.717) is 5.56 Å². The highest BCUT2D eigenvalue weighted by atomic mass is 79.9. The van der Waals surface area contributed by atoms with Crippen LogP contribution < -0.4 is 5.32 Å². The maximum absolute atomic E-state index is 14.2. The first-order chi connectivity index (χ1) is 10.2. The average molecular weight is 345 g/mol. The van der Waals surface area contributed by atoms with Crippen molar-refractivity contribution in [3.63, 3.8) is 0 Å². The second-order valence-corrected chi connectivity index (χ2v) is 5.67. The number of halogens is 2. The normalized spacial score (nSPS) is 12.5. The summed E-state index contributed by atoms with van der Waals surface area (Å²) in [5.74, 6) is -0.232. The smallest absolute Gasteiger partial charge is 0.129 e. The number of nitrogens with zero attached hydrogens (tertiary/aromatic N) is 1. The quantitative estimate of drug-likeness (QED) is 0.759. The topological polar surface area (TPSA) is 24.9 Å². The summed E-state index contributed by atoms with van der Waals surface area (Å²) in [7, 11) is 1.83. The Morgan fingerprint density at radius 3 is 2.76 bits per heavy atom. The van der Waals surface area contributed by atoms with Crippen molar-refractivity contribution in [2.45, 2.75) is 6.04 Å². The predicted octanol–water partition coefficient (Wildman–Crippen LogP) is 4.45. The van der Waals surface area contributed by atoms with Gasteiger partial charge in [0.25, 0.3) is 0 Å². The van der Waals surface area contributed by atoms with Crippen molar-refractivity contribution in [3.8, 4) is 0 Å². The summed E-state index contributed by atoms with van der Waals surface area (Å²) in [4.78, 5) is 4.36. The molecular formula is C17H14BrFN2. The van der Waals surface area contributed by atoms with E-state index in [2.05, 4.69) is 26.2 Å². The molecule has 0 spiro atoms. The highest BCUT2D eigenvalue weighted by molar-refractivity contribution is 9.10. The zero-order valence-electron chi connectivity index (χ0n) is 11.5. The lowest BCUT2D eigenvalue weighted by Gasteiger charge is -2.19. The lowest BCUT2D eigenvalue weighted by molar-refractivity contribution is 0.574. The standard InChI is InChI=1S/C17H14BrFN2/c1-20-17(16-13(18)5-2-6-14(16)19)12-8-7-11-4-3-9-21-15(11)10-12/h2-10,17,20H,1H3. The van der Waals surface area contributed by atoms with Gasteiger partial charge in [-0.25, -0.2) is 4.39 Å². The molecule has 0 amide bonds. The summed E-state index contributed by atoms with van der Waals surface area (Å²) in [6, 6.07) is 14.7. The fraction of sp³-hybridized carbons (Fsp3) is 0.118. The van der Waals surface area contributed by atoms with E-state index in [4.69, 9.17) is 0 Å².